The number of fused-ring (bicyclic) bond motifs is 1. The summed E-state index contributed by atoms with van der Waals surface area (Å²) < 4.78 is 61.9. The molecular formula is C30H42F4O3. The van der Waals surface area contributed by atoms with Gasteiger partial charge in [0.25, 0.3) is 0 Å². The largest absolute Gasteiger partial charge is 0.432 e. The molecule has 4 unspecified atom stereocenters. The van der Waals surface area contributed by atoms with E-state index in [0.717, 1.165) is 48.6 Å². The van der Waals surface area contributed by atoms with Crippen LogP contribution < -0.4 is 9.47 Å². The molecular weight excluding hydrogens is 484 g/mol. The fourth-order valence-corrected chi connectivity index (χ4v) is 7.37. The molecule has 0 heterocycles. The lowest BCUT2D eigenvalue weighted by Crippen LogP contribution is -2.35. The molecule has 4 atom stereocenters. The van der Waals surface area contributed by atoms with Crippen LogP contribution in [0, 0.1) is 47.1 Å². The molecule has 3 aliphatic carbocycles. The van der Waals surface area contributed by atoms with Gasteiger partial charge in [-0.2, -0.15) is 17.6 Å². The van der Waals surface area contributed by atoms with E-state index in [-0.39, 0.29) is 5.92 Å². The molecule has 0 spiro atoms. The first kappa shape index (κ1) is 28.2. The van der Waals surface area contributed by atoms with Gasteiger partial charge in [-0.1, -0.05) is 45.4 Å². The molecule has 7 heteroatoms. The number of benzene rings is 1. The third-order valence-electron chi connectivity index (χ3n) is 9.44. The quantitative estimate of drug-likeness (QED) is 0.132. The molecule has 0 aliphatic heterocycles. The highest BCUT2D eigenvalue weighted by Gasteiger charge is 2.39. The zero-order valence-electron chi connectivity index (χ0n) is 22.0. The predicted molar refractivity (Wildman–Crippen MR) is 134 cm³/mol. The predicted octanol–water partition coefficient (Wildman–Crippen LogP) is 9.08. The van der Waals surface area contributed by atoms with Gasteiger partial charge in [-0.3, -0.25) is 4.79 Å². The van der Waals surface area contributed by atoms with Crippen molar-refractivity contribution in [2.75, 3.05) is 0 Å². The maximum absolute atomic E-state index is 14.2. The average Bonchev–Trinajstić information content (AvgIpc) is 2.90. The van der Waals surface area contributed by atoms with Crippen molar-refractivity contribution in [1.29, 1.82) is 0 Å². The Morgan fingerprint density at radius 3 is 2.11 bits per heavy atom. The fraction of sp³-hybridized carbons (Fsp3) is 0.767. The molecule has 3 nitrogen and oxygen atoms in total. The highest BCUT2D eigenvalue weighted by Crippen LogP contribution is 2.49. The number of carbonyl (C=O) groups is 1. The number of rotatable bonds is 10. The minimum atomic E-state index is -3.28. The van der Waals surface area contributed by atoms with Crippen LogP contribution in [0.1, 0.15) is 103 Å². The van der Waals surface area contributed by atoms with Crippen LogP contribution in [0.4, 0.5) is 17.6 Å². The van der Waals surface area contributed by atoms with Gasteiger partial charge >= 0.3 is 12.6 Å². The summed E-state index contributed by atoms with van der Waals surface area (Å²) in [4.78, 5) is 12.6. The lowest BCUT2D eigenvalue weighted by Gasteiger charge is -2.45. The average molecular weight is 527 g/mol. The third kappa shape index (κ3) is 7.41. The van der Waals surface area contributed by atoms with Crippen LogP contribution in [0.2, 0.25) is 0 Å². The topological polar surface area (TPSA) is 35.5 Å². The van der Waals surface area contributed by atoms with Crippen molar-refractivity contribution < 1.29 is 31.8 Å². The van der Waals surface area contributed by atoms with Crippen molar-refractivity contribution in [1.82, 2.24) is 0 Å². The van der Waals surface area contributed by atoms with Gasteiger partial charge in [-0.15, -0.1) is 0 Å². The van der Waals surface area contributed by atoms with Gasteiger partial charge in [0.05, 0.1) is 5.92 Å². The van der Waals surface area contributed by atoms with Crippen LogP contribution in [0.15, 0.2) is 12.1 Å². The molecule has 4 rings (SSSR count). The maximum atomic E-state index is 14.2. The summed E-state index contributed by atoms with van der Waals surface area (Å²) in [5, 5.41) is 0. The summed E-state index contributed by atoms with van der Waals surface area (Å²) >= 11 is 0. The molecule has 37 heavy (non-hydrogen) atoms. The molecule has 3 aliphatic rings. The molecule has 1 aromatic rings. The lowest BCUT2D eigenvalue weighted by molar-refractivity contribution is -0.140. The SMILES string of the molecule is CCCCCCC1CCC2CC(C3CCC(C(=O)Oc4ccc(OC(F)F)c(F)c4F)CC3)CCC2C1. The number of alkyl halides is 2. The lowest BCUT2D eigenvalue weighted by atomic mass is 9.60. The Kier molecular flexibility index (Phi) is 10.2. The second-order valence-electron chi connectivity index (χ2n) is 11.7. The number of unbranched alkanes of at least 4 members (excludes halogenated alkanes) is 3. The van der Waals surface area contributed by atoms with Crippen LogP contribution in [0.3, 0.4) is 0 Å². The minimum Gasteiger partial charge on any atom is -0.432 e. The number of ether oxygens (including phenoxy) is 2. The van der Waals surface area contributed by atoms with E-state index in [2.05, 4.69) is 11.7 Å². The Bertz CT molecular complexity index is 884. The van der Waals surface area contributed by atoms with Crippen molar-refractivity contribution in [2.45, 2.75) is 110 Å². The summed E-state index contributed by atoms with van der Waals surface area (Å²) in [5.41, 5.74) is 0. The molecule has 0 bridgehead atoms. The van der Waals surface area contributed by atoms with Gasteiger partial charge in [-0.25, -0.2) is 0 Å². The number of carbonyl (C=O) groups excluding carboxylic acids is 1. The molecule has 1 aromatic carbocycles. The molecule has 208 valence electrons. The Hall–Kier alpha value is -1.79. The minimum absolute atomic E-state index is 0.352. The smallest absolute Gasteiger partial charge is 0.387 e. The Morgan fingerprint density at radius 2 is 1.41 bits per heavy atom. The number of esters is 1. The highest BCUT2D eigenvalue weighted by molar-refractivity contribution is 5.75. The first-order valence-electron chi connectivity index (χ1n) is 14.5. The van der Waals surface area contributed by atoms with Crippen molar-refractivity contribution in [3.05, 3.63) is 23.8 Å². The van der Waals surface area contributed by atoms with E-state index in [4.69, 9.17) is 4.74 Å². The van der Waals surface area contributed by atoms with E-state index in [0.29, 0.717) is 18.8 Å². The van der Waals surface area contributed by atoms with E-state index in [1.54, 1.807) is 0 Å². The summed E-state index contributed by atoms with van der Waals surface area (Å²) in [7, 11) is 0. The molecule has 3 saturated carbocycles. The van der Waals surface area contributed by atoms with Crippen molar-refractivity contribution in [3.63, 3.8) is 0 Å². The van der Waals surface area contributed by atoms with Crippen LogP contribution in [0.5, 0.6) is 11.5 Å². The molecule has 0 amide bonds. The number of hydrogen-bond acceptors (Lipinski definition) is 3. The zero-order valence-corrected chi connectivity index (χ0v) is 22.0. The van der Waals surface area contributed by atoms with Gasteiger partial charge in [0.15, 0.2) is 11.5 Å². The fourth-order valence-electron chi connectivity index (χ4n) is 7.37. The van der Waals surface area contributed by atoms with Crippen molar-refractivity contribution in [2.24, 2.45) is 35.5 Å². The van der Waals surface area contributed by atoms with Crippen LogP contribution in [-0.4, -0.2) is 12.6 Å². The zero-order chi connectivity index (χ0) is 26.4. The van der Waals surface area contributed by atoms with E-state index >= 15 is 0 Å². The first-order valence-corrected chi connectivity index (χ1v) is 14.5. The maximum Gasteiger partial charge on any atom is 0.387 e. The normalized spacial score (nSPS) is 30.1. The Morgan fingerprint density at radius 1 is 0.811 bits per heavy atom. The van der Waals surface area contributed by atoms with Gasteiger partial charge in [0.2, 0.25) is 11.6 Å². The summed E-state index contributed by atoms with van der Waals surface area (Å²) in [6, 6.07) is 1.80. The van der Waals surface area contributed by atoms with E-state index < -0.39 is 35.7 Å². The van der Waals surface area contributed by atoms with E-state index in [9.17, 15) is 22.4 Å². The second-order valence-corrected chi connectivity index (χ2v) is 11.7. The van der Waals surface area contributed by atoms with Crippen LogP contribution >= 0.6 is 0 Å². The van der Waals surface area contributed by atoms with Gasteiger partial charge in [0, 0.05) is 0 Å². The standard InChI is InChI=1S/C30H42F4O3/c1-2-3-4-5-6-19-7-8-24-18-23(14-13-22(24)17-19)20-9-11-21(12-10-20)29(35)36-25-15-16-26(37-30(33)34)28(32)27(25)31/h15-16,19-24,30H,2-14,17-18H2,1H3. The third-order valence-corrected chi connectivity index (χ3v) is 9.44. The van der Waals surface area contributed by atoms with Crippen LogP contribution in [0.25, 0.3) is 0 Å². The molecule has 0 aromatic heterocycles. The monoisotopic (exact) mass is 526 g/mol. The van der Waals surface area contributed by atoms with E-state index in [1.807, 2.05) is 0 Å². The first-order chi connectivity index (χ1) is 17.9. The highest BCUT2D eigenvalue weighted by atomic mass is 19.3. The van der Waals surface area contributed by atoms with Gasteiger partial charge in [-0.05, 0) is 99.5 Å². The van der Waals surface area contributed by atoms with Crippen LogP contribution in [-0.2, 0) is 4.79 Å². The van der Waals surface area contributed by atoms with Gasteiger partial charge in [0.1, 0.15) is 0 Å². The van der Waals surface area contributed by atoms with Gasteiger partial charge < -0.3 is 9.47 Å². The Balaban J connectivity index is 1.21. The molecule has 0 N–H and O–H groups in total. The molecule has 0 saturated heterocycles. The second kappa shape index (κ2) is 13.3. The molecule has 0 radical (unpaired) electrons. The Labute approximate surface area is 218 Å². The number of hydrogen-bond donors (Lipinski definition) is 0. The van der Waals surface area contributed by atoms with Crippen molar-refractivity contribution in [3.8, 4) is 11.5 Å². The van der Waals surface area contributed by atoms with E-state index in [1.165, 1.54) is 70.6 Å². The summed E-state index contributed by atoms with van der Waals surface area (Å²) in [6.07, 6.45) is 18.3. The summed E-state index contributed by atoms with van der Waals surface area (Å²) in [5.74, 6) is -1.47. The number of halogens is 4. The van der Waals surface area contributed by atoms with Crippen molar-refractivity contribution >= 4 is 5.97 Å². The summed E-state index contributed by atoms with van der Waals surface area (Å²) in [6.45, 7) is -1.01. The molecule has 3 fully saturated rings.